The number of hydrogen-bond donors (Lipinski definition) is 2. The Morgan fingerprint density at radius 2 is 1.91 bits per heavy atom. The van der Waals surface area contributed by atoms with Crippen LogP contribution >= 0.6 is 0 Å². The van der Waals surface area contributed by atoms with Crippen molar-refractivity contribution < 1.29 is 9.53 Å². The first-order valence-electron chi connectivity index (χ1n) is 8.02. The van der Waals surface area contributed by atoms with Gasteiger partial charge in [-0.15, -0.1) is 0 Å². The van der Waals surface area contributed by atoms with E-state index in [1.165, 1.54) is 16.7 Å². The Bertz CT molecular complexity index is 528. The summed E-state index contributed by atoms with van der Waals surface area (Å²) in [7, 11) is 0. The normalized spacial score (nSPS) is 21.1. The van der Waals surface area contributed by atoms with Crippen LogP contribution in [0.3, 0.4) is 0 Å². The molecule has 1 amide bonds. The van der Waals surface area contributed by atoms with Gasteiger partial charge >= 0.3 is 6.09 Å². The molecule has 4 heteroatoms. The Morgan fingerprint density at radius 3 is 2.50 bits per heavy atom. The molecule has 1 aliphatic rings. The van der Waals surface area contributed by atoms with Gasteiger partial charge < -0.3 is 15.4 Å². The number of benzene rings is 1. The predicted molar refractivity (Wildman–Crippen MR) is 88.9 cm³/mol. The minimum atomic E-state index is -0.436. The van der Waals surface area contributed by atoms with E-state index in [0.29, 0.717) is 6.04 Å². The fourth-order valence-corrected chi connectivity index (χ4v) is 2.68. The van der Waals surface area contributed by atoms with Gasteiger partial charge in [-0.1, -0.05) is 23.8 Å². The molecule has 1 aliphatic carbocycles. The molecule has 0 aliphatic heterocycles. The molecule has 0 atom stereocenters. The number of carbonyl (C=O) groups excluding carboxylic acids is 1. The van der Waals surface area contributed by atoms with Crippen LogP contribution in [0.4, 0.5) is 4.79 Å². The van der Waals surface area contributed by atoms with Gasteiger partial charge in [-0.3, -0.25) is 0 Å². The summed E-state index contributed by atoms with van der Waals surface area (Å²) in [6.07, 6.45) is 1.61. The molecule has 122 valence electrons. The number of ether oxygens (including phenoxy) is 1. The van der Waals surface area contributed by atoms with Crippen molar-refractivity contribution in [2.24, 2.45) is 0 Å². The van der Waals surface area contributed by atoms with Gasteiger partial charge in [0.1, 0.15) is 5.60 Å². The molecule has 2 rings (SSSR count). The van der Waals surface area contributed by atoms with E-state index < -0.39 is 5.60 Å². The molecule has 0 radical (unpaired) electrons. The van der Waals surface area contributed by atoms with E-state index >= 15 is 0 Å². The van der Waals surface area contributed by atoms with Crippen molar-refractivity contribution in [2.45, 2.75) is 71.7 Å². The second-order valence-corrected chi connectivity index (χ2v) is 7.32. The van der Waals surface area contributed by atoms with Gasteiger partial charge in [0, 0.05) is 18.6 Å². The van der Waals surface area contributed by atoms with Crippen LogP contribution in [0.5, 0.6) is 0 Å². The Morgan fingerprint density at radius 1 is 1.23 bits per heavy atom. The Kier molecular flexibility index (Phi) is 5.12. The SMILES string of the molecule is Cc1ccc(CNC2CC(NC(=O)OC(C)(C)C)C2)c(C)c1. The largest absolute Gasteiger partial charge is 0.444 e. The van der Waals surface area contributed by atoms with Gasteiger partial charge in [-0.25, -0.2) is 4.79 Å². The van der Waals surface area contributed by atoms with Gasteiger partial charge in [0.05, 0.1) is 0 Å². The Hall–Kier alpha value is -1.55. The first kappa shape index (κ1) is 16.8. The molecule has 1 saturated carbocycles. The fourth-order valence-electron chi connectivity index (χ4n) is 2.68. The standard InChI is InChI=1S/C18H28N2O2/c1-12-6-7-14(13(2)8-12)11-19-15-9-16(10-15)20-17(21)22-18(3,4)5/h6-8,15-16,19H,9-11H2,1-5H3,(H,20,21). The van der Waals surface area contributed by atoms with Gasteiger partial charge in [-0.2, -0.15) is 0 Å². The maximum absolute atomic E-state index is 11.7. The van der Waals surface area contributed by atoms with Gasteiger partial charge in [0.25, 0.3) is 0 Å². The lowest BCUT2D eigenvalue weighted by Crippen LogP contribution is -2.53. The molecule has 0 unspecified atom stereocenters. The second-order valence-electron chi connectivity index (χ2n) is 7.32. The smallest absolute Gasteiger partial charge is 0.407 e. The van der Waals surface area contributed by atoms with Crippen LogP contribution in [-0.2, 0) is 11.3 Å². The Balaban J connectivity index is 1.68. The average molecular weight is 304 g/mol. The van der Waals surface area contributed by atoms with Crippen molar-refractivity contribution in [3.8, 4) is 0 Å². The molecule has 2 N–H and O–H groups in total. The second kappa shape index (κ2) is 6.69. The molecule has 1 aromatic carbocycles. The highest BCUT2D eigenvalue weighted by molar-refractivity contribution is 5.68. The number of aryl methyl sites for hydroxylation is 2. The third-order valence-electron chi connectivity index (χ3n) is 3.94. The molecule has 1 fully saturated rings. The first-order valence-corrected chi connectivity index (χ1v) is 8.02. The number of carbonyl (C=O) groups is 1. The maximum Gasteiger partial charge on any atom is 0.407 e. The molecule has 4 nitrogen and oxygen atoms in total. The number of hydrogen-bond acceptors (Lipinski definition) is 3. The summed E-state index contributed by atoms with van der Waals surface area (Å²) < 4.78 is 5.27. The van der Waals surface area contributed by atoms with Crippen molar-refractivity contribution in [3.63, 3.8) is 0 Å². The van der Waals surface area contributed by atoms with E-state index in [1.807, 2.05) is 20.8 Å². The van der Waals surface area contributed by atoms with Crippen LogP contribution in [0.1, 0.15) is 50.3 Å². The van der Waals surface area contributed by atoms with Crippen molar-refractivity contribution in [2.75, 3.05) is 0 Å². The summed E-state index contributed by atoms with van der Waals surface area (Å²) in [6.45, 7) is 10.8. The number of nitrogens with one attached hydrogen (secondary N) is 2. The molecule has 0 spiro atoms. The number of alkyl carbamates (subject to hydrolysis) is 1. The van der Waals surface area contributed by atoms with Gasteiger partial charge in [-0.05, 0) is 58.6 Å². The lowest BCUT2D eigenvalue weighted by molar-refractivity contribution is 0.0465. The molecule has 0 saturated heterocycles. The van der Waals surface area contributed by atoms with Crippen molar-refractivity contribution in [1.29, 1.82) is 0 Å². The summed E-state index contributed by atoms with van der Waals surface area (Å²) in [6, 6.07) is 7.25. The molecular weight excluding hydrogens is 276 g/mol. The Labute approximate surface area is 133 Å². The van der Waals surface area contributed by atoms with E-state index in [-0.39, 0.29) is 12.1 Å². The number of amides is 1. The zero-order valence-electron chi connectivity index (χ0n) is 14.3. The summed E-state index contributed by atoms with van der Waals surface area (Å²) in [4.78, 5) is 11.7. The zero-order chi connectivity index (χ0) is 16.3. The molecule has 1 aromatic rings. The average Bonchev–Trinajstić information content (AvgIpc) is 2.31. The predicted octanol–water partition coefficient (Wildman–Crippen LogP) is 3.45. The summed E-state index contributed by atoms with van der Waals surface area (Å²) in [5.41, 5.74) is 3.53. The van der Waals surface area contributed by atoms with Crippen LogP contribution in [0.25, 0.3) is 0 Å². The van der Waals surface area contributed by atoms with Gasteiger partial charge in [0.15, 0.2) is 0 Å². The van der Waals surface area contributed by atoms with E-state index in [0.717, 1.165) is 19.4 Å². The lowest BCUT2D eigenvalue weighted by atomic mass is 9.86. The minimum absolute atomic E-state index is 0.228. The van der Waals surface area contributed by atoms with E-state index in [4.69, 9.17) is 4.74 Å². The quantitative estimate of drug-likeness (QED) is 0.896. The van der Waals surface area contributed by atoms with Crippen molar-refractivity contribution in [3.05, 3.63) is 34.9 Å². The maximum atomic E-state index is 11.7. The zero-order valence-corrected chi connectivity index (χ0v) is 14.3. The highest BCUT2D eigenvalue weighted by Crippen LogP contribution is 2.21. The van der Waals surface area contributed by atoms with E-state index in [2.05, 4.69) is 42.7 Å². The molecular formula is C18H28N2O2. The number of rotatable bonds is 4. The first-order chi connectivity index (χ1) is 10.2. The third kappa shape index (κ3) is 5.02. The lowest BCUT2D eigenvalue weighted by Gasteiger charge is -2.37. The van der Waals surface area contributed by atoms with E-state index in [1.54, 1.807) is 0 Å². The monoisotopic (exact) mass is 304 g/mol. The summed E-state index contributed by atoms with van der Waals surface area (Å²) in [5, 5.41) is 6.47. The highest BCUT2D eigenvalue weighted by Gasteiger charge is 2.31. The molecule has 0 bridgehead atoms. The van der Waals surface area contributed by atoms with Crippen molar-refractivity contribution in [1.82, 2.24) is 10.6 Å². The van der Waals surface area contributed by atoms with Gasteiger partial charge in [0.2, 0.25) is 0 Å². The molecule has 22 heavy (non-hydrogen) atoms. The van der Waals surface area contributed by atoms with Crippen LogP contribution in [-0.4, -0.2) is 23.8 Å². The molecule has 0 aromatic heterocycles. The van der Waals surface area contributed by atoms with E-state index in [9.17, 15) is 4.79 Å². The summed E-state index contributed by atoms with van der Waals surface area (Å²) in [5.74, 6) is 0. The highest BCUT2D eigenvalue weighted by atomic mass is 16.6. The fraction of sp³-hybridized carbons (Fsp3) is 0.611. The topological polar surface area (TPSA) is 50.4 Å². The van der Waals surface area contributed by atoms with Crippen LogP contribution in [0.15, 0.2) is 18.2 Å². The van der Waals surface area contributed by atoms with Crippen LogP contribution < -0.4 is 10.6 Å². The summed E-state index contributed by atoms with van der Waals surface area (Å²) >= 11 is 0. The molecule has 0 heterocycles. The minimum Gasteiger partial charge on any atom is -0.444 e. The third-order valence-corrected chi connectivity index (χ3v) is 3.94. The van der Waals surface area contributed by atoms with Crippen LogP contribution in [0, 0.1) is 13.8 Å². The van der Waals surface area contributed by atoms with Crippen LogP contribution in [0.2, 0.25) is 0 Å². The van der Waals surface area contributed by atoms with Crippen molar-refractivity contribution >= 4 is 6.09 Å².